The van der Waals surface area contributed by atoms with E-state index in [2.05, 4.69) is 6.58 Å². The summed E-state index contributed by atoms with van der Waals surface area (Å²) in [6, 6.07) is 0. The van der Waals surface area contributed by atoms with E-state index in [1.165, 1.54) is 0 Å². The normalized spacial score (nSPS) is 13.3. The van der Waals surface area contributed by atoms with Gasteiger partial charge in [-0.25, -0.2) is 4.79 Å². The minimum absolute atomic E-state index is 0. The van der Waals surface area contributed by atoms with Crippen molar-refractivity contribution >= 4 is 18.4 Å². The maximum atomic E-state index is 10.7. The molecule has 80 valence electrons. The van der Waals surface area contributed by atoms with Gasteiger partial charge in [0.2, 0.25) is 0 Å². The lowest BCUT2D eigenvalue weighted by molar-refractivity contribution is -0.155. The quantitative estimate of drug-likeness (QED) is 0.421. The van der Waals surface area contributed by atoms with E-state index in [-0.39, 0.29) is 24.5 Å². The first kappa shape index (κ1) is 18.3. The molecule has 0 saturated heterocycles. The number of esters is 1. The smallest absolute Gasteiger partial charge is 0.331 e. The molecule has 1 atom stereocenters. The van der Waals surface area contributed by atoms with Crippen LogP contribution in [0.15, 0.2) is 12.7 Å². The van der Waals surface area contributed by atoms with Crippen LogP contribution in [0.25, 0.3) is 0 Å². The molecule has 0 saturated carbocycles. The number of hydrogen-bond acceptors (Lipinski definition) is 4. The van der Waals surface area contributed by atoms with Crippen LogP contribution in [-0.2, 0) is 9.53 Å². The van der Waals surface area contributed by atoms with E-state index >= 15 is 0 Å². The lowest BCUT2D eigenvalue weighted by Gasteiger charge is -2.27. The number of carbonyl (C=O) groups excluding carboxylic acids is 1. The number of carbonyl (C=O) groups is 1. The molecular weight excluding hydrogens is 192 g/mol. The Morgan fingerprint density at radius 2 is 2.00 bits per heavy atom. The number of rotatable bonds is 3. The van der Waals surface area contributed by atoms with Gasteiger partial charge in [0.25, 0.3) is 0 Å². The van der Waals surface area contributed by atoms with E-state index in [9.17, 15) is 4.79 Å². The van der Waals surface area contributed by atoms with Gasteiger partial charge in [0.05, 0.1) is 0 Å². The molecule has 0 spiro atoms. The molecule has 0 aromatic carbocycles. The summed E-state index contributed by atoms with van der Waals surface area (Å²) in [6.45, 7) is 8.71. The van der Waals surface area contributed by atoms with Gasteiger partial charge in [-0.15, -0.1) is 12.4 Å². The molecule has 0 bridgehead atoms. The van der Waals surface area contributed by atoms with E-state index in [1.807, 2.05) is 13.8 Å². The summed E-state index contributed by atoms with van der Waals surface area (Å²) >= 11 is 0. The minimum Gasteiger partial charge on any atom is -0.441 e. The number of ether oxygens (including phenoxy) is 1. The third-order valence-electron chi connectivity index (χ3n) is 1.63. The average molecular weight is 211 g/mol. The molecule has 0 amide bonds. The van der Waals surface area contributed by atoms with Crippen molar-refractivity contribution in [2.75, 3.05) is 0 Å². The summed E-state index contributed by atoms with van der Waals surface area (Å²) in [5.41, 5.74) is 4.75. The average Bonchev–Trinajstić information content (AvgIpc) is 1.86. The summed E-state index contributed by atoms with van der Waals surface area (Å²) in [7, 11) is 0. The largest absolute Gasteiger partial charge is 0.441 e. The van der Waals surface area contributed by atoms with Crippen LogP contribution >= 0.6 is 12.4 Å². The molecule has 5 heteroatoms. The summed E-state index contributed by atoms with van der Waals surface area (Å²) in [5, 5.41) is 0. The fraction of sp³-hybridized carbons (Fsp3) is 0.625. The Balaban J connectivity index is -0.000000500. The Bertz CT molecular complexity index is 170. The van der Waals surface area contributed by atoms with E-state index in [0.717, 1.165) is 6.08 Å². The van der Waals surface area contributed by atoms with Crippen LogP contribution in [0.1, 0.15) is 20.8 Å². The molecule has 0 aromatic heterocycles. The van der Waals surface area contributed by atoms with Crippen molar-refractivity contribution in [3.63, 3.8) is 0 Å². The number of hydrogen-bond donors (Lipinski definition) is 2. The SMILES string of the molecule is C=CC(=O)OC(C)(N)C(C)C.Cl.N. The predicted octanol–water partition coefficient (Wildman–Crippen LogP) is 1.63. The zero-order valence-corrected chi connectivity index (χ0v) is 9.19. The Hall–Kier alpha value is -0.580. The Kier molecular flexibility index (Phi) is 9.67. The topological polar surface area (TPSA) is 87.3 Å². The van der Waals surface area contributed by atoms with E-state index in [0.29, 0.717) is 0 Å². The van der Waals surface area contributed by atoms with Gasteiger partial charge in [-0.2, -0.15) is 0 Å². The van der Waals surface area contributed by atoms with E-state index in [4.69, 9.17) is 10.5 Å². The zero-order valence-electron chi connectivity index (χ0n) is 8.37. The molecule has 0 radical (unpaired) electrons. The predicted molar refractivity (Wildman–Crippen MR) is 56.0 cm³/mol. The van der Waals surface area contributed by atoms with Gasteiger partial charge >= 0.3 is 5.97 Å². The molecule has 0 aliphatic heterocycles. The minimum atomic E-state index is -0.898. The molecule has 0 fully saturated rings. The van der Waals surface area contributed by atoms with Gasteiger partial charge in [-0.1, -0.05) is 20.4 Å². The highest BCUT2D eigenvalue weighted by Crippen LogP contribution is 2.14. The van der Waals surface area contributed by atoms with Gasteiger partial charge in [0.15, 0.2) is 5.72 Å². The second-order valence-corrected chi connectivity index (χ2v) is 2.96. The van der Waals surface area contributed by atoms with Gasteiger partial charge in [-0.3, -0.25) is 5.73 Å². The van der Waals surface area contributed by atoms with Gasteiger partial charge in [0, 0.05) is 12.0 Å². The number of nitrogens with two attached hydrogens (primary N) is 1. The molecule has 0 rings (SSSR count). The highest BCUT2D eigenvalue weighted by atomic mass is 35.5. The molecule has 0 heterocycles. The van der Waals surface area contributed by atoms with E-state index < -0.39 is 11.7 Å². The molecule has 4 nitrogen and oxygen atoms in total. The Morgan fingerprint density at radius 1 is 1.62 bits per heavy atom. The third-order valence-corrected chi connectivity index (χ3v) is 1.63. The molecule has 1 unspecified atom stereocenters. The van der Waals surface area contributed by atoms with Crippen molar-refractivity contribution < 1.29 is 9.53 Å². The molecule has 5 N–H and O–H groups in total. The van der Waals surface area contributed by atoms with Crippen molar-refractivity contribution in [1.29, 1.82) is 0 Å². The van der Waals surface area contributed by atoms with Crippen LogP contribution in [0.3, 0.4) is 0 Å². The molecule has 13 heavy (non-hydrogen) atoms. The van der Waals surface area contributed by atoms with Crippen LogP contribution in [0.2, 0.25) is 0 Å². The third kappa shape index (κ3) is 6.57. The summed E-state index contributed by atoms with van der Waals surface area (Å²) in [5.74, 6) is -0.393. The number of halogens is 1. The van der Waals surface area contributed by atoms with Crippen LogP contribution in [0.4, 0.5) is 0 Å². The monoisotopic (exact) mass is 210 g/mol. The van der Waals surface area contributed by atoms with Gasteiger partial charge in [0.1, 0.15) is 0 Å². The van der Waals surface area contributed by atoms with Crippen LogP contribution in [-0.4, -0.2) is 11.7 Å². The van der Waals surface area contributed by atoms with Crippen LogP contribution < -0.4 is 11.9 Å². The molecule has 0 aliphatic rings. The molecule has 0 aromatic rings. The molecule has 0 aliphatic carbocycles. The van der Waals surface area contributed by atoms with Gasteiger partial charge in [-0.05, 0) is 6.92 Å². The van der Waals surface area contributed by atoms with Crippen molar-refractivity contribution in [3.8, 4) is 0 Å². The van der Waals surface area contributed by atoms with Gasteiger partial charge < -0.3 is 10.9 Å². The van der Waals surface area contributed by atoms with Crippen molar-refractivity contribution in [1.82, 2.24) is 6.15 Å². The second kappa shape index (κ2) is 6.88. The van der Waals surface area contributed by atoms with Crippen molar-refractivity contribution in [2.45, 2.75) is 26.5 Å². The maximum absolute atomic E-state index is 10.7. The standard InChI is InChI=1S/C8H15NO2.ClH.H3N/c1-5-7(10)11-8(4,9)6(2)3;;/h5-6H,1,9H2,2-4H3;1H;1H3. The van der Waals surface area contributed by atoms with Crippen molar-refractivity contribution in [3.05, 3.63) is 12.7 Å². The van der Waals surface area contributed by atoms with E-state index in [1.54, 1.807) is 6.92 Å². The van der Waals surface area contributed by atoms with Crippen molar-refractivity contribution in [2.24, 2.45) is 11.7 Å². The first-order chi connectivity index (χ1) is 4.90. The lowest BCUT2D eigenvalue weighted by atomic mass is 10.0. The summed E-state index contributed by atoms with van der Waals surface area (Å²) in [4.78, 5) is 10.7. The summed E-state index contributed by atoms with van der Waals surface area (Å²) in [6.07, 6.45) is 1.10. The fourth-order valence-corrected chi connectivity index (χ4v) is 0.376. The highest BCUT2D eigenvalue weighted by Gasteiger charge is 2.26. The Labute approximate surface area is 85.5 Å². The fourth-order valence-electron chi connectivity index (χ4n) is 0.376. The first-order valence-electron chi connectivity index (χ1n) is 3.54. The second-order valence-electron chi connectivity index (χ2n) is 2.96. The molecular formula is C8H19ClN2O2. The first-order valence-corrected chi connectivity index (χ1v) is 3.54. The summed E-state index contributed by atoms with van der Waals surface area (Å²) < 4.78 is 4.87. The lowest BCUT2D eigenvalue weighted by Crippen LogP contribution is -2.45. The van der Waals surface area contributed by atoms with Crippen LogP contribution in [0, 0.1) is 5.92 Å². The van der Waals surface area contributed by atoms with Crippen LogP contribution in [0.5, 0.6) is 0 Å². The zero-order chi connectivity index (χ0) is 9.07. The highest BCUT2D eigenvalue weighted by molar-refractivity contribution is 5.85. The maximum Gasteiger partial charge on any atom is 0.331 e. The Morgan fingerprint density at radius 3 is 2.23 bits per heavy atom.